The molecule has 3 aliphatic rings. The SMILES string of the molecule is N#CC1CCN(c2cc3cc(NC(=O)[C@@H]4CC45CCOCC5)ncc3cc2Cl)CC1. The number of carbonyl (C=O) groups is 1. The van der Waals surface area contributed by atoms with Gasteiger partial charge in [-0.05, 0) is 61.1 Å². The molecule has 7 heteroatoms. The first-order valence-electron chi connectivity index (χ1n) is 10.7. The van der Waals surface area contributed by atoms with Crippen LogP contribution in [-0.4, -0.2) is 37.2 Å². The predicted octanol–water partition coefficient (Wildman–Crippen LogP) is 4.38. The molecule has 1 amide bonds. The number of hydrogen-bond donors (Lipinski definition) is 1. The Labute approximate surface area is 181 Å². The molecule has 1 aliphatic carbocycles. The fraction of sp³-hybridized carbons (Fsp3) is 0.522. The van der Waals surface area contributed by atoms with Crippen LogP contribution in [0.5, 0.6) is 0 Å². The number of anilines is 2. The zero-order valence-corrected chi connectivity index (χ0v) is 17.6. The van der Waals surface area contributed by atoms with E-state index in [9.17, 15) is 4.79 Å². The van der Waals surface area contributed by atoms with Gasteiger partial charge in [-0.3, -0.25) is 4.79 Å². The molecular weight excluding hydrogens is 400 g/mol. The lowest BCUT2D eigenvalue weighted by atomic mass is 9.93. The van der Waals surface area contributed by atoms with Gasteiger partial charge >= 0.3 is 0 Å². The number of nitrogens with zero attached hydrogens (tertiary/aromatic N) is 3. The number of piperidine rings is 1. The van der Waals surface area contributed by atoms with Gasteiger partial charge in [-0.15, -0.1) is 0 Å². The summed E-state index contributed by atoms with van der Waals surface area (Å²) in [5.74, 6) is 0.851. The summed E-state index contributed by atoms with van der Waals surface area (Å²) in [5, 5.41) is 14.8. The Bertz CT molecular complexity index is 1020. The summed E-state index contributed by atoms with van der Waals surface area (Å²) in [6.45, 7) is 3.16. The number of hydrogen-bond acceptors (Lipinski definition) is 5. The van der Waals surface area contributed by atoms with Crippen molar-refractivity contribution in [1.82, 2.24) is 4.98 Å². The number of nitrogens with one attached hydrogen (secondary N) is 1. The molecule has 156 valence electrons. The number of carbonyl (C=O) groups excluding carboxylic acids is 1. The van der Waals surface area contributed by atoms with Gasteiger partial charge in [0.2, 0.25) is 5.91 Å². The maximum atomic E-state index is 12.8. The Morgan fingerprint density at radius 2 is 2.00 bits per heavy atom. The van der Waals surface area contributed by atoms with Crippen molar-refractivity contribution in [3.05, 3.63) is 29.4 Å². The molecule has 3 fully saturated rings. The van der Waals surface area contributed by atoms with Crippen LogP contribution in [0.2, 0.25) is 5.02 Å². The van der Waals surface area contributed by atoms with Gasteiger partial charge in [0.05, 0.1) is 16.8 Å². The van der Waals surface area contributed by atoms with Gasteiger partial charge in [0.25, 0.3) is 0 Å². The first-order chi connectivity index (χ1) is 14.6. The minimum Gasteiger partial charge on any atom is -0.381 e. The standard InChI is InChI=1S/C23H25ClN4O2/c24-19-9-17-14-26-21(27-22(29)18-12-23(18)3-7-30-8-4-23)11-16(17)10-20(19)28-5-1-15(13-25)2-6-28/h9-11,14-15,18H,1-8,12H2,(H,26,27,29)/t18-/m0/s1. The molecule has 2 aromatic rings. The second-order valence-corrected chi connectivity index (χ2v) is 9.24. The van der Waals surface area contributed by atoms with Crippen molar-refractivity contribution >= 4 is 39.8 Å². The zero-order valence-electron chi connectivity index (χ0n) is 16.9. The molecule has 6 nitrogen and oxygen atoms in total. The van der Waals surface area contributed by atoms with Gasteiger partial charge in [-0.25, -0.2) is 4.98 Å². The number of aromatic nitrogens is 1. The van der Waals surface area contributed by atoms with Crippen LogP contribution in [0.15, 0.2) is 24.4 Å². The Hall–Kier alpha value is -2.36. The summed E-state index contributed by atoms with van der Waals surface area (Å²) in [6, 6.07) is 8.29. The Balaban J connectivity index is 1.33. The van der Waals surface area contributed by atoms with Crippen molar-refractivity contribution in [3.8, 4) is 6.07 Å². The van der Waals surface area contributed by atoms with Crippen molar-refractivity contribution in [2.24, 2.45) is 17.3 Å². The van der Waals surface area contributed by atoms with Crippen LogP contribution in [0.4, 0.5) is 11.5 Å². The van der Waals surface area contributed by atoms with Gasteiger partial charge in [0, 0.05) is 49.7 Å². The van der Waals surface area contributed by atoms with Crippen LogP contribution >= 0.6 is 11.6 Å². The van der Waals surface area contributed by atoms with E-state index < -0.39 is 0 Å². The summed E-state index contributed by atoms with van der Waals surface area (Å²) in [5.41, 5.74) is 1.13. The Morgan fingerprint density at radius 1 is 1.23 bits per heavy atom. The summed E-state index contributed by atoms with van der Waals surface area (Å²) in [6.07, 6.45) is 6.38. The lowest BCUT2D eigenvalue weighted by molar-refractivity contribution is -0.118. The molecule has 0 unspecified atom stereocenters. The van der Waals surface area contributed by atoms with E-state index in [1.54, 1.807) is 6.20 Å². The number of ether oxygens (including phenoxy) is 1. The minimum atomic E-state index is 0.0662. The highest BCUT2D eigenvalue weighted by Crippen LogP contribution is 2.59. The lowest BCUT2D eigenvalue weighted by Crippen LogP contribution is -2.33. The quantitative estimate of drug-likeness (QED) is 0.790. The molecule has 2 aliphatic heterocycles. The molecule has 1 saturated carbocycles. The topological polar surface area (TPSA) is 78.2 Å². The first kappa shape index (κ1) is 19.6. The van der Waals surface area contributed by atoms with Crippen molar-refractivity contribution in [2.75, 3.05) is 36.5 Å². The average molecular weight is 425 g/mol. The summed E-state index contributed by atoms with van der Waals surface area (Å²) < 4.78 is 5.45. The third kappa shape index (κ3) is 3.61. The fourth-order valence-corrected chi connectivity index (χ4v) is 5.27. The highest BCUT2D eigenvalue weighted by molar-refractivity contribution is 6.34. The lowest BCUT2D eigenvalue weighted by Gasteiger charge is -2.32. The third-order valence-electron chi connectivity index (χ3n) is 7.05. The molecule has 1 aromatic heterocycles. The van der Waals surface area contributed by atoms with Gasteiger partial charge in [0.1, 0.15) is 5.82 Å². The van der Waals surface area contributed by atoms with Crippen molar-refractivity contribution in [2.45, 2.75) is 32.1 Å². The number of nitriles is 1. The van der Waals surface area contributed by atoms with Crippen LogP contribution in [0.25, 0.3) is 10.8 Å². The number of rotatable bonds is 3. The molecule has 3 heterocycles. The highest BCUT2D eigenvalue weighted by atomic mass is 35.5. The van der Waals surface area contributed by atoms with E-state index in [0.717, 1.165) is 74.9 Å². The van der Waals surface area contributed by atoms with E-state index in [-0.39, 0.29) is 23.2 Å². The normalized spacial score (nSPS) is 23.3. The maximum absolute atomic E-state index is 12.8. The van der Waals surface area contributed by atoms with E-state index in [0.29, 0.717) is 10.8 Å². The highest BCUT2D eigenvalue weighted by Gasteiger charge is 2.58. The van der Waals surface area contributed by atoms with E-state index in [4.69, 9.17) is 21.6 Å². The smallest absolute Gasteiger partial charge is 0.229 e. The molecule has 1 N–H and O–H groups in total. The number of halogens is 1. The van der Waals surface area contributed by atoms with Crippen LogP contribution < -0.4 is 10.2 Å². The minimum absolute atomic E-state index is 0.0662. The molecule has 2 saturated heterocycles. The summed E-state index contributed by atoms with van der Waals surface area (Å²) in [7, 11) is 0. The van der Waals surface area contributed by atoms with Crippen LogP contribution in [0.3, 0.4) is 0 Å². The Morgan fingerprint density at radius 3 is 2.73 bits per heavy atom. The molecule has 1 spiro atoms. The summed E-state index contributed by atoms with van der Waals surface area (Å²) in [4.78, 5) is 19.4. The van der Waals surface area contributed by atoms with Crippen molar-refractivity contribution in [3.63, 3.8) is 0 Å². The molecule has 5 rings (SSSR count). The van der Waals surface area contributed by atoms with Crippen LogP contribution in [0.1, 0.15) is 32.1 Å². The van der Waals surface area contributed by atoms with Crippen LogP contribution in [-0.2, 0) is 9.53 Å². The van der Waals surface area contributed by atoms with E-state index in [1.165, 1.54) is 0 Å². The molecule has 0 bridgehead atoms. The largest absolute Gasteiger partial charge is 0.381 e. The molecule has 30 heavy (non-hydrogen) atoms. The molecular formula is C23H25ClN4O2. The van der Waals surface area contributed by atoms with E-state index in [1.807, 2.05) is 12.1 Å². The monoisotopic (exact) mass is 424 g/mol. The maximum Gasteiger partial charge on any atom is 0.229 e. The van der Waals surface area contributed by atoms with E-state index >= 15 is 0 Å². The molecule has 0 radical (unpaired) electrons. The Kier molecular flexibility index (Phi) is 5.04. The van der Waals surface area contributed by atoms with Crippen molar-refractivity contribution in [1.29, 1.82) is 5.26 Å². The van der Waals surface area contributed by atoms with Crippen LogP contribution in [0, 0.1) is 28.6 Å². The second kappa shape index (κ2) is 7.72. The second-order valence-electron chi connectivity index (χ2n) is 8.83. The van der Waals surface area contributed by atoms with Gasteiger partial charge in [-0.1, -0.05) is 11.6 Å². The van der Waals surface area contributed by atoms with Gasteiger partial charge in [-0.2, -0.15) is 5.26 Å². The predicted molar refractivity (Wildman–Crippen MR) is 117 cm³/mol. The zero-order chi connectivity index (χ0) is 20.7. The average Bonchev–Trinajstić information content (AvgIpc) is 3.47. The van der Waals surface area contributed by atoms with Gasteiger partial charge in [0.15, 0.2) is 0 Å². The van der Waals surface area contributed by atoms with E-state index in [2.05, 4.69) is 27.3 Å². The van der Waals surface area contributed by atoms with Gasteiger partial charge < -0.3 is 15.0 Å². The number of fused-ring (bicyclic) bond motifs is 1. The fourth-order valence-electron chi connectivity index (χ4n) is 4.98. The number of amides is 1. The number of pyridine rings is 1. The molecule has 1 atom stereocenters. The first-order valence-corrected chi connectivity index (χ1v) is 11.1. The number of benzene rings is 1. The summed E-state index contributed by atoms with van der Waals surface area (Å²) >= 11 is 6.55. The van der Waals surface area contributed by atoms with Crippen molar-refractivity contribution < 1.29 is 9.53 Å². The molecule has 1 aromatic carbocycles. The third-order valence-corrected chi connectivity index (χ3v) is 7.35.